The van der Waals surface area contributed by atoms with Crippen molar-refractivity contribution in [3.63, 3.8) is 0 Å². The van der Waals surface area contributed by atoms with Gasteiger partial charge in [-0.25, -0.2) is 0 Å². The number of benzene rings is 4. The van der Waals surface area contributed by atoms with Crippen molar-refractivity contribution in [2.75, 3.05) is 21.8 Å². The molecule has 0 bridgehead atoms. The number of fused-ring (bicyclic) bond motifs is 1. The number of anilines is 3. The van der Waals surface area contributed by atoms with Crippen molar-refractivity contribution in [1.29, 1.82) is 0 Å². The molecule has 0 aliphatic carbocycles. The van der Waals surface area contributed by atoms with Crippen LogP contribution in [0.2, 0.25) is 0 Å². The van der Waals surface area contributed by atoms with E-state index in [4.69, 9.17) is 5.10 Å². The molecule has 0 saturated carbocycles. The highest BCUT2D eigenvalue weighted by Gasteiger charge is 2.34. The van der Waals surface area contributed by atoms with E-state index in [0.29, 0.717) is 38.5 Å². The lowest BCUT2D eigenvalue weighted by atomic mass is 10.1. The van der Waals surface area contributed by atoms with Crippen LogP contribution in [0.25, 0.3) is 23.0 Å². The topological polar surface area (TPSA) is 69.9 Å². The van der Waals surface area contributed by atoms with Crippen LogP contribution in [0.5, 0.6) is 0 Å². The van der Waals surface area contributed by atoms with Crippen molar-refractivity contribution in [3.05, 3.63) is 146 Å². The first-order valence-electron chi connectivity index (χ1n) is 14.0. The summed E-state index contributed by atoms with van der Waals surface area (Å²) in [5.74, 6) is 0.0587. The lowest BCUT2D eigenvalue weighted by Crippen LogP contribution is -2.37. The van der Waals surface area contributed by atoms with Crippen LogP contribution in [0.15, 0.2) is 131 Å². The fourth-order valence-corrected chi connectivity index (χ4v) is 6.62. The first kappa shape index (κ1) is 26.4. The van der Waals surface area contributed by atoms with Gasteiger partial charge in [0.25, 0.3) is 11.5 Å². The van der Waals surface area contributed by atoms with Gasteiger partial charge in [0.05, 0.1) is 17.1 Å². The lowest BCUT2D eigenvalue weighted by molar-refractivity contribution is -0.112. The second-order valence-electron chi connectivity index (χ2n) is 10.0. The summed E-state index contributed by atoms with van der Waals surface area (Å²) in [6, 6.07) is 36.5. The van der Waals surface area contributed by atoms with Crippen LogP contribution >= 0.6 is 11.3 Å². The van der Waals surface area contributed by atoms with Crippen molar-refractivity contribution in [1.82, 2.24) is 4.57 Å². The van der Waals surface area contributed by atoms with E-state index in [2.05, 4.69) is 29.3 Å². The van der Waals surface area contributed by atoms with Gasteiger partial charge in [0.1, 0.15) is 14.8 Å². The molecule has 2 aliphatic rings. The molecule has 7 rings (SSSR count). The molecule has 1 aromatic heterocycles. The standard InChI is InChI=1S/C35H27N5O2S/c1-2-38-28-21-13-12-14-24(28)22-23-29(38)31-34(42)39(26-17-8-4-9-18-26)35(43-31)30-32(36-25-15-6-3-7-16-25)37-40(33(30)41)27-19-10-5-11-20-27/h3-23H,2H2,1H3,(H,36,37). The van der Waals surface area contributed by atoms with Crippen molar-refractivity contribution >= 4 is 57.5 Å². The Morgan fingerprint density at radius 1 is 0.744 bits per heavy atom. The third-order valence-corrected chi connectivity index (χ3v) is 8.56. The number of amidine groups is 1. The van der Waals surface area contributed by atoms with Crippen LogP contribution in [-0.2, 0) is 4.79 Å². The van der Waals surface area contributed by atoms with E-state index in [9.17, 15) is 9.59 Å². The largest absolute Gasteiger partial charge is 0.340 e. The number of para-hydroxylation sites is 4. The zero-order valence-electron chi connectivity index (χ0n) is 23.3. The first-order chi connectivity index (χ1) is 21.1. The Morgan fingerprint density at radius 3 is 2.07 bits per heavy atom. The van der Waals surface area contributed by atoms with E-state index >= 15 is 0 Å². The number of thiazole rings is 1. The van der Waals surface area contributed by atoms with E-state index < -0.39 is 0 Å². The Labute approximate surface area is 252 Å². The number of nitrogens with one attached hydrogen (secondary N) is 1. The number of carbonyl (C=O) groups excluding carboxylic acids is 1. The molecule has 43 heavy (non-hydrogen) atoms. The van der Waals surface area contributed by atoms with Gasteiger partial charge in [-0.2, -0.15) is 5.01 Å². The van der Waals surface area contributed by atoms with Gasteiger partial charge in [-0.3, -0.25) is 14.2 Å². The number of hydrogen-bond donors (Lipinski definition) is 1. The third kappa shape index (κ3) is 4.67. The van der Waals surface area contributed by atoms with Gasteiger partial charge in [-0.1, -0.05) is 78.9 Å². The molecule has 1 N–H and O–H groups in total. The molecular formula is C35H27N5O2S. The van der Waals surface area contributed by atoms with E-state index in [1.807, 2.05) is 115 Å². The monoisotopic (exact) mass is 581 g/mol. The number of carbonyl (C=O) groups is 1. The van der Waals surface area contributed by atoms with Crippen LogP contribution in [0.4, 0.5) is 17.1 Å². The van der Waals surface area contributed by atoms with E-state index in [-0.39, 0.29) is 11.5 Å². The predicted molar refractivity (Wildman–Crippen MR) is 176 cm³/mol. The molecule has 0 saturated heterocycles. The van der Waals surface area contributed by atoms with Gasteiger partial charge in [-0.05, 0) is 61.0 Å². The summed E-state index contributed by atoms with van der Waals surface area (Å²) < 4.78 is 2.69. The summed E-state index contributed by atoms with van der Waals surface area (Å²) in [7, 11) is 0. The SMILES string of the molecule is CCN1C(=c2sc(=C3C(=O)N(c4ccccc4)N=C3Nc3ccccc3)n(-c3ccccc3)c2=O)C=Cc2ccccc21. The van der Waals surface area contributed by atoms with Crippen molar-refractivity contribution in [2.24, 2.45) is 5.10 Å². The quantitative estimate of drug-likeness (QED) is 0.318. The van der Waals surface area contributed by atoms with Crippen molar-refractivity contribution < 1.29 is 4.79 Å². The molecule has 2 aliphatic heterocycles. The highest BCUT2D eigenvalue weighted by atomic mass is 32.1. The Morgan fingerprint density at radius 2 is 1.37 bits per heavy atom. The number of rotatable bonds is 4. The van der Waals surface area contributed by atoms with Crippen molar-refractivity contribution in [3.8, 4) is 5.69 Å². The number of hydrazone groups is 1. The smallest absolute Gasteiger partial charge is 0.285 e. The minimum atomic E-state index is -0.316. The van der Waals surface area contributed by atoms with Gasteiger partial charge in [-0.15, -0.1) is 16.4 Å². The highest BCUT2D eigenvalue weighted by Crippen LogP contribution is 2.31. The van der Waals surface area contributed by atoms with Crippen LogP contribution in [0.3, 0.4) is 0 Å². The zero-order valence-corrected chi connectivity index (χ0v) is 24.2. The summed E-state index contributed by atoms with van der Waals surface area (Å²) in [6.07, 6.45) is 4.03. The van der Waals surface area contributed by atoms with Crippen molar-refractivity contribution in [2.45, 2.75) is 6.92 Å². The second-order valence-corrected chi connectivity index (χ2v) is 11.0. The molecule has 0 spiro atoms. The third-order valence-electron chi connectivity index (χ3n) is 7.40. The molecule has 0 atom stereocenters. The minimum Gasteiger partial charge on any atom is -0.340 e. The molecule has 1 amide bonds. The molecular weight excluding hydrogens is 554 g/mol. The maximum absolute atomic E-state index is 14.4. The molecule has 210 valence electrons. The minimum absolute atomic E-state index is 0.193. The number of aromatic nitrogens is 1. The van der Waals surface area contributed by atoms with Crippen LogP contribution in [-0.4, -0.2) is 22.9 Å². The van der Waals surface area contributed by atoms with Crippen LogP contribution < -0.4 is 30.0 Å². The number of amides is 1. The molecule has 8 heteroatoms. The van der Waals surface area contributed by atoms with E-state index in [0.717, 1.165) is 22.6 Å². The number of hydrogen-bond acceptors (Lipinski definition) is 6. The summed E-state index contributed by atoms with van der Waals surface area (Å²) in [5, 5.41) is 9.49. The summed E-state index contributed by atoms with van der Waals surface area (Å²) in [5.41, 5.74) is 5.15. The number of likely N-dealkylation sites (N-methyl/N-ethyl adjacent to an activating group) is 1. The lowest BCUT2D eigenvalue weighted by Gasteiger charge is -2.28. The molecule has 0 fully saturated rings. The molecule has 0 radical (unpaired) electrons. The van der Waals surface area contributed by atoms with Gasteiger partial charge < -0.3 is 10.2 Å². The maximum atomic E-state index is 14.4. The summed E-state index contributed by atoms with van der Waals surface area (Å²) in [4.78, 5) is 30.9. The fraction of sp³-hybridized carbons (Fsp3) is 0.0571. The highest BCUT2D eigenvalue weighted by molar-refractivity contribution is 7.08. The molecule has 0 unspecified atom stereocenters. The van der Waals surface area contributed by atoms with Crippen LogP contribution in [0, 0.1) is 0 Å². The fourth-order valence-electron chi connectivity index (χ4n) is 5.40. The average molecular weight is 582 g/mol. The molecule has 4 aromatic carbocycles. The van der Waals surface area contributed by atoms with Gasteiger partial charge in [0.2, 0.25) is 0 Å². The van der Waals surface area contributed by atoms with Crippen LogP contribution in [0.1, 0.15) is 12.5 Å². The predicted octanol–water partition coefficient (Wildman–Crippen LogP) is 5.18. The Bertz CT molecular complexity index is 2080. The van der Waals surface area contributed by atoms with E-state index in [1.54, 1.807) is 4.57 Å². The second kappa shape index (κ2) is 11.1. The summed E-state index contributed by atoms with van der Waals surface area (Å²) in [6.45, 7) is 2.75. The summed E-state index contributed by atoms with van der Waals surface area (Å²) >= 11 is 1.31. The molecule has 3 heterocycles. The van der Waals surface area contributed by atoms with Gasteiger partial charge in [0.15, 0.2) is 5.84 Å². The Hall–Kier alpha value is -5.47. The molecule has 7 nitrogen and oxygen atoms in total. The Balaban J connectivity index is 1.54. The van der Waals surface area contributed by atoms with Gasteiger partial charge >= 0.3 is 0 Å². The Kier molecular flexibility index (Phi) is 6.81. The number of nitrogens with zero attached hydrogens (tertiary/aromatic N) is 4. The van der Waals surface area contributed by atoms with E-state index in [1.165, 1.54) is 16.3 Å². The average Bonchev–Trinajstić information content (AvgIpc) is 3.56. The zero-order chi connectivity index (χ0) is 29.3. The maximum Gasteiger partial charge on any atom is 0.285 e. The molecule has 5 aromatic rings. The van der Waals surface area contributed by atoms with Gasteiger partial charge in [0, 0.05) is 17.9 Å². The first-order valence-corrected chi connectivity index (χ1v) is 14.9. The normalized spacial score (nSPS) is 16.8.